The summed E-state index contributed by atoms with van der Waals surface area (Å²) in [5, 5.41) is 16.7. The Morgan fingerprint density at radius 1 is 1.26 bits per heavy atom. The molecule has 1 saturated heterocycles. The molecule has 0 radical (unpaired) electrons. The highest BCUT2D eigenvalue weighted by molar-refractivity contribution is 5.21. The van der Waals surface area contributed by atoms with Crippen LogP contribution >= 0.6 is 0 Å². The molecule has 1 fully saturated rings. The van der Waals surface area contributed by atoms with E-state index in [1.807, 2.05) is 0 Å². The van der Waals surface area contributed by atoms with E-state index in [4.69, 9.17) is 0 Å². The Morgan fingerprint density at radius 3 is 2.84 bits per heavy atom. The molecule has 1 heterocycles. The Balaban J connectivity index is 1.71. The summed E-state index contributed by atoms with van der Waals surface area (Å²) in [4.78, 5) is 0. The molecule has 0 amide bonds. The van der Waals surface area contributed by atoms with E-state index >= 15 is 0 Å². The van der Waals surface area contributed by atoms with Gasteiger partial charge in [0.15, 0.2) is 0 Å². The van der Waals surface area contributed by atoms with Crippen molar-refractivity contribution < 1.29 is 5.11 Å². The van der Waals surface area contributed by atoms with Gasteiger partial charge in [-0.1, -0.05) is 29.8 Å². The van der Waals surface area contributed by atoms with Gasteiger partial charge in [0.05, 0.1) is 0 Å². The molecule has 1 aliphatic heterocycles. The summed E-state index contributed by atoms with van der Waals surface area (Å²) >= 11 is 0. The minimum atomic E-state index is -0.432. The molecule has 0 aliphatic carbocycles. The van der Waals surface area contributed by atoms with Crippen LogP contribution in [0.2, 0.25) is 0 Å². The van der Waals surface area contributed by atoms with Crippen molar-refractivity contribution in [2.45, 2.75) is 38.8 Å². The zero-order chi connectivity index (χ0) is 13.5. The fourth-order valence-electron chi connectivity index (χ4n) is 2.62. The minimum absolute atomic E-state index is 0.432. The van der Waals surface area contributed by atoms with Crippen LogP contribution in [0.15, 0.2) is 24.3 Å². The van der Waals surface area contributed by atoms with Crippen LogP contribution in [0, 0.1) is 12.8 Å². The summed E-state index contributed by atoms with van der Waals surface area (Å²) in [5.41, 5.74) is 2.45. The van der Waals surface area contributed by atoms with Crippen LogP contribution in [-0.2, 0) is 6.42 Å². The number of aliphatic hydroxyl groups excluding tert-OH is 1. The predicted octanol–water partition coefficient (Wildman–Crippen LogP) is 1.84. The van der Waals surface area contributed by atoms with E-state index in [9.17, 15) is 5.11 Å². The van der Waals surface area contributed by atoms with E-state index < -0.39 is 6.23 Å². The molecular formula is C16H26N2O. The van der Waals surface area contributed by atoms with E-state index in [0.29, 0.717) is 12.3 Å². The summed E-state index contributed by atoms with van der Waals surface area (Å²) in [6, 6.07) is 8.38. The van der Waals surface area contributed by atoms with Crippen LogP contribution in [0.3, 0.4) is 0 Å². The number of nitrogens with one attached hydrogen (secondary N) is 2. The van der Waals surface area contributed by atoms with Crippen LogP contribution in [0.25, 0.3) is 0 Å². The fourth-order valence-corrected chi connectivity index (χ4v) is 2.62. The number of rotatable bonds is 5. The van der Waals surface area contributed by atoms with Crippen LogP contribution in [-0.4, -0.2) is 31.0 Å². The third kappa shape index (κ3) is 5.31. The van der Waals surface area contributed by atoms with Crippen molar-refractivity contribution in [3.8, 4) is 0 Å². The highest BCUT2D eigenvalue weighted by Gasteiger charge is 2.13. The number of hydrogen-bond acceptors (Lipinski definition) is 3. The van der Waals surface area contributed by atoms with Gasteiger partial charge in [-0.2, -0.15) is 0 Å². The molecule has 1 aliphatic rings. The van der Waals surface area contributed by atoms with Gasteiger partial charge in [0.2, 0.25) is 0 Å². The van der Waals surface area contributed by atoms with Gasteiger partial charge in [-0.25, -0.2) is 0 Å². The van der Waals surface area contributed by atoms with Gasteiger partial charge >= 0.3 is 0 Å². The molecule has 0 spiro atoms. The maximum atomic E-state index is 10.0. The van der Waals surface area contributed by atoms with Gasteiger partial charge in [0.1, 0.15) is 6.23 Å². The molecule has 3 nitrogen and oxygen atoms in total. The van der Waals surface area contributed by atoms with E-state index in [2.05, 4.69) is 41.8 Å². The first-order valence-corrected chi connectivity index (χ1v) is 7.42. The molecule has 2 atom stereocenters. The lowest BCUT2D eigenvalue weighted by Crippen LogP contribution is -2.35. The molecule has 3 heteroatoms. The lowest BCUT2D eigenvalue weighted by molar-refractivity contribution is 0.130. The van der Waals surface area contributed by atoms with Crippen molar-refractivity contribution in [2.24, 2.45) is 5.92 Å². The van der Waals surface area contributed by atoms with Gasteiger partial charge in [-0.05, 0) is 50.8 Å². The van der Waals surface area contributed by atoms with Crippen molar-refractivity contribution in [3.05, 3.63) is 35.4 Å². The first-order chi connectivity index (χ1) is 9.24. The van der Waals surface area contributed by atoms with Crippen LogP contribution in [0.1, 0.15) is 30.4 Å². The topological polar surface area (TPSA) is 44.3 Å². The highest BCUT2D eigenvalue weighted by atomic mass is 16.3. The molecule has 0 bridgehead atoms. The zero-order valence-electron chi connectivity index (χ0n) is 11.9. The molecule has 19 heavy (non-hydrogen) atoms. The lowest BCUT2D eigenvalue weighted by atomic mass is 10.0. The number of aliphatic hydroxyl groups is 1. The first-order valence-electron chi connectivity index (χ1n) is 7.42. The second kappa shape index (κ2) is 7.63. The van der Waals surface area contributed by atoms with Crippen molar-refractivity contribution in [1.29, 1.82) is 0 Å². The van der Waals surface area contributed by atoms with Crippen LogP contribution in [0.5, 0.6) is 0 Å². The average molecular weight is 262 g/mol. The van der Waals surface area contributed by atoms with E-state index in [1.54, 1.807) is 0 Å². The summed E-state index contributed by atoms with van der Waals surface area (Å²) < 4.78 is 0. The second-order valence-corrected chi connectivity index (χ2v) is 5.66. The Bertz CT molecular complexity index is 356. The lowest BCUT2D eigenvalue weighted by Gasteiger charge is -2.18. The highest BCUT2D eigenvalue weighted by Crippen LogP contribution is 2.12. The predicted molar refractivity (Wildman–Crippen MR) is 79.1 cm³/mol. The van der Waals surface area contributed by atoms with Crippen LogP contribution < -0.4 is 10.6 Å². The third-order valence-electron chi connectivity index (χ3n) is 3.89. The van der Waals surface area contributed by atoms with Crippen molar-refractivity contribution in [3.63, 3.8) is 0 Å². The molecule has 106 valence electrons. The third-order valence-corrected chi connectivity index (χ3v) is 3.89. The minimum Gasteiger partial charge on any atom is -0.378 e. The summed E-state index contributed by atoms with van der Waals surface area (Å²) in [6.07, 6.45) is 3.98. The summed E-state index contributed by atoms with van der Waals surface area (Å²) in [7, 11) is 0. The normalized spacial score (nSPS) is 21.9. The quantitative estimate of drug-likeness (QED) is 0.709. The monoisotopic (exact) mass is 262 g/mol. The number of aryl methyl sites for hydroxylation is 1. The van der Waals surface area contributed by atoms with Crippen molar-refractivity contribution in [2.75, 3.05) is 19.6 Å². The second-order valence-electron chi connectivity index (χ2n) is 5.66. The number of benzene rings is 1. The van der Waals surface area contributed by atoms with Crippen molar-refractivity contribution >= 4 is 0 Å². The Labute approximate surface area is 116 Å². The Morgan fingerprint density at radius 2 is 2.05 bits per heavy atom. The van der Waals surface area contributed by atoms with Gasteiger partial charge in [-0.3, -0.25) is 5.32 Å². The Kier molecular flexibility index (Phi) is 5.83. The Hall–Kier alpha value is -0.900. The molecule has 3 N–H and O–H groups in total. The first kappa shape index (κ1) is 14.5. The van der Waals surface area contributed by atoms with Gasteiger partial charge in [0.25, 0.3) is 0 Å². The standard InChI is InChI=1S/C16H26N2O/c1-13-4-6-14(7-5-13)11-16(19)18-12-15-3-2-9-17-10-8-15/h4-7,15-19H,2-3,8-12H2,1H3. The maximum absolute atomic E-state index is 10.0. The average Bonchev–Trinajstić information content (AvgIpc) is 2.68. The summed E-state index contributed by atoms with van der Waals surface area (Å²) in [6.45, 7) is 5.26. The van der Waals surface area contributed by atoms with E-state index in [1.165, 1.54) is 30.4 Å². The molecule has 2 rings (SSSR count). The summed E-state index contributed by atoms with van der Waals surface area (Å²) in [5.74, 6) is 0.697. The molecular weight excluding hydrogens is 236 g/mol. The molecule has 0 saturated carbocycles. The molecule has 2 unspecified atom stereocenters. The SMILES string of the molecule is Cc1ccc(CC(O)NCC2CCCNCC2)cc1. The maximum Gasteiger partial charge on any atom is 0.108 e. The van der Waals surface area contributed by atoms with E-state index in [0.717, 1.165) is 19.6 Å². The van der Waals surface area contributed by atoms with Gasteiger partial charge < -0.3 is 10.4 Å². The van der Waals surface area contributed by atoms with Gasteiger partial charge in [0, 0.05) is 13.0 Å². The largest absolute Gasteiger partial charge is 0.378 e. The van der Waals surface area contributed by atoms with Crippen LogP contribution in [0.4, 0.5) is 0 Å². The zero-order valence-corrected chi connectivity index (χ0v) is 11.9. The van der Waals surface area contributed by atoms with Gasteiger partial charge in [-0.15, -0.1) is 0 Å². The smallest absolute Gasteiger partial charge is 0.108 e. The number of hydrogen-bond donors (Lipinski definition) is 3. The fraction of sp³-hybridized carbons (Fsp3) is 0.625. The van der Waals surface area contributed by atoms with E-state index in [-0.39, 0.29) is 0 Å². The molecule has 1 aromatic rings. The molecule has 0 aromatic heterocycles. The van der Waals surface area contributed by atoms with Crippen molar-refractivity contribution in [1.82, 2.24) is 10.6 Å². The molecule has 1 aromatic carbocycles.